The molecule has 0 saturated carbocycles. The van der Waals surface area contributed by atoms with Crippen molar-refractivity contribution in [3.05, 3.63) is 29.3 Å². The van der Waals surface area contributed by atoms with Crippen LogP contribution in [-0.2, 0) is 4.79 Å². The zero-order chi connectivity index (χ0) is 15.7. The fourth-order valence-electron chi connectivity index (χ4n) is 2.17. The van der Waals surface area contributed by atoms with Crippen molar-refractivity contribution in [2.45, 2.75) is 17.2 Å². The molecule has 1 atom stereocenters. The average molecular weight is 334 g/mol. The highest BCUT2D eigenvalue weighted by atomic mass is 32.2. The minimum absolute atomic E-state index is 0.0144. The van der Waals surface area contributed by atoms with Gasteiger partial charge in [-0.3, -0.25) is 9.59 Å². The summed E-state index contributed by atoms with van der Waals surface area (Å²) in [7, 11) is 1.78. The van der Waals surface area contributed by atoms with Gasteiger partial charge >= 0.3 is 0 Å². The number of Topliss-reactive ketones (excluding diaryl/α,β-unsaturated/α-hetero) is 1. The van der Waals surface area contributed by atoms with Crippen LogP contribution >= 0.6 is 23.1 Å². The first kappa shape index (κ1) is 15.0. The predicted molar refractivity (Wildman–Crippen MR) is 88.0 cm³/mol. The van der Waals surface area contributed by atoms with Gasteiger partial charge in [0.1, 0.15) is 0 Å². The highest BCUT2D eigenvalue weighted by Gasteiger charge is 2.27. The summed E-state index contributed by atoms with van der Waals surface area (Å²) in [6.07, 6.45) is 0. The van der Waals surface area contributed by atoms with Crippen molar-refractivity contribution in [1.82, 2.24) is 10.2 Å². The number of ketones is 1. The molecule has 6 nitrogen and oxygen atoms in total. The summed E-state index contributed by atoms with van der Waals surface area (Å²) in [6.45, 7) is 1.84. The van der Waals surface area contributed by atoms with Crippen LogP contribution in [0.2, 0.25) is 0 Å². The molecule has 1 amide bonds. The summed E-state index contributed by atoms with van der Waals surface area (Å²) in [5, 5.41) is 14.4. The maximum atomic E-state index is 12.3. The van der Waals surface area contributed by atoms with E-state index in [1.165, 1.54) is 23.1 Å². The number of benzene rings is 1. The molecule has 1 aliphatic rings. The van der Waals surface area contributed by atoms with Gasteiger partial charge in [0.2, 0.25) is 11.0 Å². The number of nitrogens with one attached hydrogen (secondary N) is 2. The highest BCUT2D eigenvalue weighted by Crippen LogP contribution is 2.33. The molecule has 3 rings (SSSR count). The SMILES string of the molecule is CNc1nnc(SCC(=O)c2ccc3c(c2)[C@@H](C)C(=O)N3)s1. The minimum Gasteiger partial charge on any atom is -0.363 e. The summed E-state index contributed by atoms with van der Waals surface area (Å²) < 4.78 is 0.754. The summed E-state index contributed by atoms with van der Waals surface area (Å²) in [5.74, 6) is 0.0760. The van der Waals surface area contributed by atoms with Crippen molar-refractivity contribution in [2.75, 3.05) is 23.4 Å². The van der Waals surface area contributed by atoms with E-state index in [-0.39, 0.29) is 17.6 Å². The third kappa shape index (κ3) is 2.84. The molecule has 0 radical (unpaired) electrons. The second-order valence-electron chi connectivity index (χ2n) is 4.85. The molecule has 0 saturated heterocycles. The zero-order valence-electron chi connectivity index (χ0n) is 12.0. The fourth-order valence-corrected chi connectivity index (χ4v) is 3.77. The number of fused-ring (bicyclic) bond motifs is 1. The number of carbonyl (C=O) groups excluding carboxylic acids is 2. The van der Waals surface area contributed by atoms with Gasteiger partial charge in [0, 0.05) is 18.3 Å². The van der Waals surface area contributed by atoms with Crippen LogP contribution in [0.25, 0.3) is 0 Å². The lowest BCUT2D eigenvalue weighted by Crippen LogP contribution is -2.08. The Morgan fingerprint density at radius 1 is 1.45 bits per heavy atom. The monoisotopic (exact) mass is 334 g/mol. The highest BCUT2D eigenvalue weighted by molar-refractivity contribution is 8.01. The minimum atomic E-state index is -0.211. The quantitative estimate of drug-likeness (QED) is 0.646. The van der Waals surface area contributed by atoms with Crippen molar-refractivity contribution >= 4 is 45.6 Å². The number of amides is 1. The molecule has 2 heterocycles. The Kier molecular flexibility index (Phi) is 4.12. The van der Waals surface area contributed by atoms with Crippen LogP contribution in [0.4, 0.5) is 10.8 Å². The Morgan fingerprint density at radius 3 is 3.00 bits per heavy atom. The Hall–Kier alpha value is -1.93. The molecule has 2 N–H and O–H groups in total. The Morgan fingerprint density at radius 2 is 2.27 bits per heavy atom. The van der Waals surface area contributed by atoms with Crippen molar-refractivity contribution in [2.24, 2.45) is 0 Å². The van der Waals surface area contributed by atoms with Gasteiger partial charge in [-0.25, -0.2) is 0 Å². The molecule has 22 heavy (non-hydrogen) atoms. The number of aromatic nitrogens is 2. The number of rotatable bonds is 5. The van der Waals surface area contributed by atoms with Gasteiger partial charge in [0.05, 0.1) is 11.7 Å². The second-order valence-corrected chi connectivity index (χ2v) is 7.05. The molecule has 0 bridgehead atoms. The van der Waals surface area contributed by atoms with Crippen molar-refractivity contribution in [3.63, 3.8) is 0 Å². The Balaban J connectivity index is 1.69. The second kappa shape index (κ2) is 6.05. The van der Waals surface area contributed by atoms with Crippen molar-refractivity contribution in [3.8, 4) is 0 Å². The van der Waals surface area contributed by atoms with Crippen LogP contribution in [0.1, 0.15) is 28.8 Å². The molecule has 0 spiro atoms. The third-order valence-electron chi connectivity index (χ3n) is 3.44. The molecular weight excluding hydrogens is 320 g/mol. The van der Waals surface area contributed by atoms with Gasteiger partial charge in [-0.15, -0.1) is 10.2 Å². The van der Waals surface area contributed by atoms with Crippen molar-refractivity contribution in [1.29, 1.82) is 0 Å². The first-order chi connectivity index (χ1) is 10.6. The normalized spacial score (nSPS) is 16.3. The number of thioether (sulfide) groups is 1. The number of carbonyl (C=O) groups is 2. The van der Waals surface area contributed by atoms with Crippen LogP contribution in [-0.4, -0.2) is 34.7 Å². The van der Waals surface area contributed by atoms with Gasteiger partial charge in [0.25, 0.3) is 0 Å². The summed E-state index contributed by atoms with van der Waals surface area (Å²) in [5.41, 5.74) is 2.30. The first-order valence-corrected chi connectivity index (χ1v) is 8.50. The van der Waals surface area contributed by atoms with E-state index in [2.05, 4.69) is 20.8 Å². The molecule has 2 aromatic rings. The third-order valence-corrected chi connectivity index (χ3v) is 5.51. The smallest absolute Gasteiger partial charge is 0.231 e. The largest absolute Gasteiger partial charge is 0.363 e. The number of nitrogens with zero attached hydrogens (tertiary/aromatic N) is 2. The van der Waals surface area contributed by atoms with Crippen LogP contribution in [0.3, 0.4) is 0 Å². The molecule has 1 aromatic heterocycles. The Bertz CT molecular complexity index is 744. The molecule has 0 unspecified atom stereocenters. The molecule has 0 fully saturated rings. The molecule has 0 aliphatic carbocycles. The van der Waals surface area contributed by atoms with E-state index in [9.17, 15) is 9.59 Å². The maximum absolute atomic E-state index is 12.3. The fraction of sp³-hybridized carbons (Fsp3) is 0.286. The van der Waals surface area contributed by atoms with Crippen molar-refractivity contribution < 1.29 is 9.59 Å². The zero-order valence-corrected chi connectivity index (χ0v) is 13.7. The van der Waals surface area contributed by atoms with E-state index < -0.39 is 0 Å². The summed E-state index contributed by atoms with van der Waals surface area (Å²) in [6, 6.07) is 5.35. The summed E-state index contributed by atoms with van der Waals surface area (Å²) >= 11 is 2.78. The predicted octanol–water partition coefficient (Wildman–Crippen LogP) is 2.61. The van der Waals surface area contributed by atoms with E-state index in [0.29, 0.717) is 11.3 Å². The Labute approximate surface area is 135 Å². The summed E-state index contributed by atoms with van der Waals surface area (Å²) in [4.78, 5) is 23.9. The van der Waals surface area contributed by atoms with Gasteiger partial charge in [-0.2, -0.15) is 0 Å². The number of anilines is 2. The number of hydrogen-bond donors (Lipinski definition) is 2. The molecule has 8 heteroatoms. The lowest BCUT2D eigenvalue weighted by Gasteiger charge is -2.04. The topological polar surface area (TPSA) is 84.0 Å². The molecular formula is C14H14N4O2S2. The van der Waals surface area contributed by atoms with Gasteiger partial charge in [-0.05, 0) is 30.7 Å². The van der Waals surface area contributed by atoms with Gasteiger partial charge < -0.3 is 10.6 Å². The van der Waals surface area contributed by atoms with E-state index in [1.807, 2.05) is 6.92 Å². The average Bonchev–Trinajstić information content (AvgIpc) is 3.10. The van der Waals surface area contributed by atoms with E-state index in [0.717, 1.165) is 20.7 Å². The van der Waals surface area contributed by atoms with Crippen LogP contribution in [0.5, 0.6) is 0 Å². The maximum Gasteiger partial charge on any atom is 0.231 e. The molecule has 114 valence electrons. The van der Waals surface area contributed by atoms with Crippen LogP contribution in [0.15, 0.2) is 22.5 Å². The number of hydrogen-bond acceptors (Lipinski definition) is 7. The lowest BCUT2D eigenvalue weighted by molar-refractivity contribution is -0.116. The first-order valence-electron chi connectivity index (χ1n) is 6.70. The lowest BCUT2D eigenvalue weighted by atomic mass is 9.99. The van der Waals surface area contributed by atoms with Crippen LogP contribution < -0.4 is 10.6 Å². The van der Waals surface area contributed by atoms with Gasteiger partial charge in [-0.1, -0.05) is 23.1 Å². The molecule has 1 aliphatic heterocycles. The van der Waals surface area contributed by atoms with E-state index in [4.69, 9.17) is 0 Å². The molecule has 1 aromatic carbocycles. The van der Waals surface area contributed by atoms with Gasteiger partial charge in [0.15, 0.2) is 10.1 Å². The standard InChI is InChI=1S/C14H14N4O2S2/c1-7-9-5-8(3-4-10(9)16-12(7)20)11(19)6-21-14-18-17-13(15-2)22-14/h3-5,7H,6H2,1-2H3,(H,15,17)(H,16,20)/t7-/m1/s1. The van der Waals surface area contributed by atoms with Crippen LogP contribution in [0, 0.1) is 0 Å². The van der Waals surface area contributed by atoms with E-state index >= 15 is 0 Å². The van der Waals surface area contributed by atoms with E-state index in [1.54, 1.807) is 25.2 Å².